The Morgan fingerprint density at radius 2 is 1.82 bits per heavy atom. The molecule has 1 aromatic carbocycles. The Hall–Kier alpha value is -1.06. The molecule has 0 aromatic heterocycles. The van der Waals surface area contributed by atoms with Crippen molar-refractivity contribution in [2.45, 2.75) is 38.4 Å². The third kappa shape index (κ3) is 2.31. The molecule has 90 valence electrons. The third-order valence-electron chi connectivity index (χ3n) is 3.64. The summed E-state index contributed by atoms with van der Waals surface area (Å²) < 4.78 is 11.8. The highest BCUT2D eigenvalue weighted by molar-refractivity contribution is 6.51. The van der Waals surface area contributed by atoms with E-state index in [1.165, 1.54) is 5.56 Å². The zero-order chi connectivity index (χ0) is 12.5. The number of benzene rings is 1. The van der Waals surface area contributed by atoms with E-state index in [0.717, 1.165) is 6.42 Å². The lowest BCUT2D eigenvalue weighted by atomic mass is 9.82. The molecule has 0 N–H and O–H groups in total. The van der Waals surface area contributed by atoms with E-state index < -0.39 is 0 Å². The zero-order valence-electron chi connectivity index (χ0n) is 10.8. The van der Waals surface area contributed by atoms with Gasteiger partial charge in [-0.15, -0.1) is 6.58 Å². The van der Waals surface area contributed by atoms with Crippen LogP contribution in [-0.4, -0.2) is 18.3 Å². The first kappa shape index (κ1) is 12.4. The molecule has 0 amide bonds. The molecule has 1 atom stereocenters. The van der Waals surface area contributed by atoms with Crippen LogP contribution in [0, 0.1) is 0 Å². The van der Waals surface area contributed by atoms with E-state index in [-0.39, 0.29) is 18.3 Å². The van der Waals surface area contributed by atoms with Gasteiger partial charge in [0.1, 0.15) is 0 Å². The van der Waals surface area contributed by atoms with Crippen LogP contribution in [0.2, 0.25) is 0 Å². The normalized spacial score (nSPS) is 27.1. The molecule has 1 aliphatic rings. The van der Waals surface area contributed by atoms with Crippen LogP contribution >= 0.6 is 0 Å². The van der Waals surface area contributed by atoms with Crippen molar-refractivity contribution >= 4 is 7.12 Å². The van der Waals surface area contributed by atoms with Crippen LogP contribution < -0.4 is 0 Å². The second-order valence-electron chi connectivity index (χ2n) is 5.24. The standard InChI is InChI=1S/C14H19BO2/c1-5-15-16-13(2,3)14(4,17-15)11-12-9-7-6-8-10-12/h5-10H,1,11H2,2-4H3. The van der Waals surface area contributed by atoms with Crippen molar-refractivity contribution < 1.29 is 9.31 Å². The van der Waals surface area contributed by atoms with Crippen LogP contribution in [0.15, 0.2) is 42.9 Å². The van der Waals surface area contributed by atoms with Crippen LogP contribution in [0.25, 0.3) is 0 Å². The van der Waals surface area contributed by atoms with Gasteiger partial charge in [-0.25, -0.2) is 0 Å². The summed E-state index contributed by atoms with van der Waals surface area (Å²) in [7, 11) is -0.307. The van der Waals surface area contributed by atoms with E-state index in [0.29, 0.717) is 0 Å². The van der Waals surface area contributed by atoms with E-state index in [1.807, 2.05) is 18.2 Å². The van der Waals surface area contributed by atoms with Gasteiger partial charge < -0.3 is 9.31 Å². The van der Waals surface area contributed by atoms with Crippen molar-refractivity contribution in [3.05, 3.63) is 48.4 Å². The van der Waals surface area contributed by atoms with E-state index in [2.05, 4.69) is 39.5 Å². The maximum absolute atomic E-state index is 5.98. The predicted molar refractivity (Wildman–Crippen MR) is 70.8 cm³/mol. The Morgan fingerprint density at radius 1 is 1.18 bits per heavy atom. The smallest absolute Gasteiger partial charge is 0.400 e. The quantitative estimate of drug-likeness (QED) is 0.743. The van der Waals surface area contributed by atoms with Crippen molar-refractivity contribution in [2.24, 2.45) is 0 Å². The molecule has 3 heteroatoms. The van der Waals surface area contributed by atoms with Gasteiger partial charge in [-0.3, -0.25) is 0 Å². The Labute approximate surface area is 104 Å². The van der Waals surface area contributed by atoms with Crippen LogP contribution in [-0.2, 0) is 15.7 Å². The summed E-state index contributed by atoms with van der Waals surface area (Å²) in [5, 5.41) is 0. The fraction of sp³-hybridized carbons (Fsp3) is 0.429. The first-order valence-corrected chi connectivity index (χ1v) is 5.99. The minimum absolute atomic E-state index is 0.307. The highest BCUT2D eigenvalue weighted by atomic mass is 16.7. The summed E-state index contributed by atoms with van der Waals surface area (Å²) in [6, 6.07) is 10.4. The van der Waals surface area contributed by atoms with Gasteiger partial charge >= 0.3 is 7.12 Å². The Kier molecular flexibility index (Phi) is 3.15. The summed E-state index contributed by atoms with van der Waals surface area (Å²) in [5.74, 6) is 1.71. The van der Waals surface area contributed by atoms with E-state index in [4.69, 9.17) is 9.31 Å². The van der Waals surface area contributed by atoms with Gasteiger partial charge in [0.2, 0.25) is 0 Å². The van der Waals surface area contributed by atoms with E-state index in [1.54, 1.807) is 5.98 Å². The molecule has 1 heterocycles. The molecule has 1 saturated heterocycles. The average molecular weight is 230 g/mol. The predicted octanol–water partition coefficient (Wildman–Crippen LogP) is 3.03. The molecule has 0 radical (unpaired) electrons. The number of hydrogen-bond acceptors (Lipinski definition) is 2. The van der Waals surface area contributed by atoms with Gasteiger partial charge in [-0.1, -0.05) is 36.3 Å². The molecule has 1 aliphatic heterocycles. The second kappa shape index (κ2) is 4.32. The fourth-order valence-electron chi connectivity index (χ4n) is 2.17. The van der Waals surface area contributed by atoms with Crippen LogP contribution in [0.1, 0.15) is 26.3 Å². The lowest BCUT2D eigenvalue weighted by molar-refractivity contribution is -0.00877. The monoisotopic (exact) mass is 230 g/mol. The summed E-state index contributed by atoms with van der Waals surface area (Å²) >= 11 is 0. The van der Waals surface area contributed by atoms with Gasteiger partial charge in [0.05, 0.1) is 11.2 Å². The maximum atomic E-state index is 5.98. The maximum Gasteiger partial charge on any atom is 0.486 e. The molecule has 2 nitrogen and oxygen atoms in total. The topological polar surface area (TPSA) is 18.5 Å². The average Bonchev–Trinajstić information content (AvgIpc) is 2.50. The highest BCUT2D eigenvalue weighted by Gasteiger charge is 2.52. The Morgan fingerprint density at radius 3 is 2.35 bits per heavy atom. The van der Waals surface area contributed by atoms with Crippen molar-refractivity contribution in [3.8, 4) is 0 Å². The molecule has 0 saturated carbocycles. The second-order valence-corrected chi connectivity index (χ2v) is 5.24. The summed E-state index contributed by atoms with van der Waals surface area (Å²) in [6.07, 6.45) is 0.838. The summed E-state index contributed by atoms with van der Waals surface area (Å²) in [6.45, 7) is 9.97. The van der Waals surface area contributed by atoms with Crippen molar-refractivity contribution in [1.82, 2.24) is 0 Å². The number of rotatable bonds is 3. The third-order valence-corrected chi connectivity index (χ3v) is 3.64. The van der Waals surface area contributed by atoms with Crippen LogP contribution in [0.4, 0.5) is 0 Å². The molecular weight excluding hydrogens is 211 g/mol. The van der Waals surface area contributed by atoms with Gasteiger partial charge in [0.25, 0.3) is 0 Å². The van der Waals surface area contributed by atoms with Crippen molar-refractivity contribution in [2.75, 3.05) is 0 Å². The molecule has 0 aliphatic carbocycles. The van der Waals surface area contributed by atoms with Crippen molar-refractivity contribution in [1.29, 1.82) is 0 Å². The van der Waals surface area contributed by atoms with E-state index in [9.17, 15) is 0 Å². The van der Waals surface area contributed by atoms with Gasteiger partial charge in [0, 0.05) is 6.42 Å². The number of hydrogen-bond donors (Lipinski definition) is 0. The largest absolute Gasteiger partial charge is 0.486 e. The minimum atomic E-state index is -0.326. The minimum Gasteiger partial charge on any atom is -0.400 e. The molecular formula is C14H19BO2. The summed E-state index contributed by atoms with van der Waals surface area (Å²) in [5.41, 5.74) is 0.617. The van der Waals surface area contributed by atoms with E-state index >= 15 is 0 Å². The molecule has 1 unspecified atom stereocenters. The first-order chi connectivity index (χ1) is 7.97. The highest BCUT2D eigenvalue weighted by Crippen LogP contribution is 2.39. The fourth-order valence-corrected chi connectivity index (χ4v) is 2.17. The van der Waals surface area contributed by atoms with Crippen molar-refractivity contribution in [3.63, 3.8) is 0 Å². The van der Waals surface area contributed by atoms with Gasteiger partial charge in [-0.2, -0.15) is 0 Å². The van der Waals surface area contributed by atoms with Gasteiger partial charge in [-0.05, 0) is 26.3 Å². The van der Waals surface area contributed by atoms with Gasteiger partial charge in [0.15, 0.2) is 0 Å². The van der Waals surface area contributed by atoms with Crippen LogP contribution in [0.5, 0.6) is 0 Å². The molecule has 0 spiro atoms. The molecule has 1 fully saturated rings. The Balaban J connectivity index is 2.21. The Bertz CT molecular complexity index is 402. The lowest BCUT2D eigenvalue weighted by Crippen LogP contribution is -2.46. The van der Waals surface area contributed by atoms with Crippen LogP contribution in [0.3, 0.4) is 0 Å². The molecule has 0 bridgehead atoms. The zero-order valence-corrected chi connectivity index (χ0v) is 10.8. The SMILES string of the molecule is C=CB1OC(C)(C)C(C)(Cc2ccccc2)O1. The molecule has 1 aromatic rings. The molecule has 17 heavy (non-hydrogen) atoms. The summed E-state index contributed by atoms with van der Waals surface area (Å²) in [4.78, 5) is 0. The molecule has 2 rings (SSSR count). The first-order valence-electron chi connectivity index (χ1n) is 5.99. The lowest BCUT2D eigenvalue weighted by Gasteiger charge is -2.36.